The minimum absolute atomic E-state index is 0.458. The Bertz CT molecular complexity index is 505. The number of ether oxygens (including phenoxy) is 1. The van der Waals surface area contributed by atoms with Crippen LogP contribution in [0.1, 0.15) is 6.92 Å². The molecular formula is C16H16BrNO2. The average Bonchev–Trinajstić information content (AvgIpc) is 2.86. The number of hydrogen-bond donors (Lipinski definition) is 0. The standard InChI is InChI=1S/C12H10O.C4H6BrNO/c1-3-7-11(8-4-1)13-12-9-5-2-6-10-12;1-3-2-7-6-4(3)5/h1-10H;3H,2H2,1H3. The van der Waals surface area contributed by atoms with Crippen molar-refractivity contribution >= 4 is 20.6 Å². The summed E-state index contributed by atoms with van der Waals surface area (Å²) in [5, 5.41) is 3.65. The average molecular weight is 334 g/mol. The second-order valence-electron chi connectivity index (χ2n) is 4.34. The van der Waals surface area contributed by atoms with Gasteiger partial charge in [0.15, 0.2) is 0 Å². The predicted molar refractivity (Wildman–Crippen MR) is 84.4 cm³/mol. The van der Waals surface area contributed by atoms with E-state index in [1.807, 2.05) is 60.7 Å². The monoisotopic (exact) mass is 333 g/mol. The van der Waals surface area contributed by atoms with E-state index < -0.39 is 0 Å². The number of benzene rings is 2. The normalized spacial score (nSPS) is 16.5. The second kappa shape index (κ2) is 7.70. The van der Waals surface area contributed by atoms with Crippen LogP contribution in [0.15, 0.2) is 65.8 Å². The van der Waals surface area contributed by atoms with Crippen LogP contribution in [-0.2, 0) is 4.84 Å². The molecule has 0 amide bonds. The molecular weight excluding hydrogens is 318 g/mol. The summed E-state index contributed by atoms with van der Waals surface area (Å²) < 4.78 is 6.50. The van der Waals surface area contributed by atoms with Crippen LogP contribution in [0.3, 0.4) is 0 Å². The van der Waals surface area contributed by atoms with Crippen molar-refractivity contribution in [3.8, 4) is 11.5 Å². The van der Waals surface area contributed by atoms with Crippen LogP contribution in [0, 0.1) is 5.92 Å². The third-order valence-corrected chi connectivity index (χ3v) is 3.53. The fourth-order valence-corrected chi connectivity index (χ4v) is 1.72. The van der Waals surface area contributed by atoms with E-state index in [1.54, 1.807) is 0 Å². The van der Waals surface area contributed by atoms with Crippen molar-refractivity contribution in [3.63, 3.8) is 0 Å². The molecule has 3 nitrogen and oxygen atoms in total. The van der Waals surface area contributed by atoms with Gasteiger partial charge < -0.3 is 9.57 Å². The van der Waals surface area contributed by atoms with Gasteiger partial charge in [0.1, 0.15) is 22.7 Å². The maximum atomic E-state index is 5.58. The van der Waals surface area contributed by atoms with Crippen molar-refractivity contribution in [2.24, 2.45) is 11.1 Å². The summed E-state index contributed by atoms with van der Waals surface area (Å²) in [6.07, 6.45) is 0. The van der Waals surface area contributed by atoms with E-state index in [2.05, 4.69) is 28.0 Å². The summed E-state index contributed by atoms with van der Waals surface area (Å²) in [5.41, 5.74) is 0. The van der Waals surface area contributed by atoms with Gasteiger partial charge in [-0.25, -0.2) is 0 Å². The van der Waals surface area contributed by atoms with E-state index in [0.29, 0.717) is 5.92 Å². The molecule has 1 aliphatic rings. The highest BCUT2D eigenvalue weighted by molar-refractivity contribution is 9.18. The first-order valence-electron chi connectivity index (χ1n) is 6.39. The highest BCUT2D eigenvalue weighted by Crippen LogP contribution is 2.19. The number of oxime groups is 1. The summed E-state index contributed by atoms with van der Waals surface area (Å²) in [7, 11) is 0. The molecule has 0 N–H and O–H groups in total. The first-order valence-corrected chi connectivity index (χ1v) is 7.18. The molecule has 2 aromatic rings. The molecule has 1 atom stereocenters. The Hall–Kier alpha value is -1.81. The first kappa shape index (κ1) is 14.6. The van der Waals surface area contributed by atoms with Crippen LogP contribution < -0.4 is 4.74 Å². The molecule has 2 aromatic carbocycles. The molecule has 104 valence electrons. The zero-order valence-electron chi connectivity index (χ0n) is 11.2. The van der Waals surface area contributed by atoms with Crippen LogP contribution >= 0.6 is 15.9 Å². The molecule has 0 saturated heterocycles. The Morgan fingerprint density at radius 1 is 1.00 bits per heavy atom. The van der Waals surface area contributed by atoms with E-state index >= 15 is 0 Å². The molecule has 0 spiro atoms. The summed E-state index contributed by atoms with van der Waals surface area (Å²) in [6.45, 7) is 2.78. The lowest BCUT2D eigenvalue weighted by molar-refractivity contribution is 0.158. The number of para-hydroxylation sites is 2. The molecule has 0 bridgehead atoms. The molecule has 0 aliphatic carbocycles. The van der Waals surface area contributed by atoms with Crippen molar-refractivity contribution in [1.29, 1.82) is 0 Å². The van der Waals surface area contributed by atoms with Crippen LogP contribution in [-0.4, -0.2) is 11.2 Å². The quantitative estimate of drug-likeness (QED) is 0.787. The lowest BCUT2D eigenvalue weighted by atomic mass is 10.2. The van der Waals surface area contributed by atoms with E-state index in [1.165, 1.54) is 0 Å². The Balaban J connectivity index is 0.000000178. The summed E-state index contributed by atoms with van der Waals surface area (Å²) in [4.78, 5) is 4.71. The van der Waals surface area contributed by atoms with E-state index in [4.69, 9.17) is 9.57 Å². The molecule has 0 saturated carbocycles. The van der Waals surface area contributed by atoms with Gasteiger partial charge in [-0.3, -0.25) is 0 Å². The van der Waals surface area contributed by atoms with Gasteiger partial charge >= 0.3 is 0 Å². The minimum Gasteiger partial charge on any atom is -0.457 e. The molecule has 1 aliphatic heterocycles. The minimum atomic E-state index is 0.458. The number of hydrogen-bond acceptors (Lipinski definition) is 3. The van der Waals surface area contributed by atoms with Crippen molar-refractivity contribution in [3.05, 3.63) is 60.7 Å². The molecule has 3 rings (SSSR count). The van der Waals surface area contributed by atoms with Crippen molar-refractivity contribution in [1.82, 2.24) is 0 Å². The molecule has 4 heteroatoms. The van der Waals surface area contributed by atoms with Crippen LogP contribution in [0.5, 0.6) is 11.5 Å². The third-order valence-electron chi connectivity index (χ3n) is 2.61. The van der Waals surface area contributed by atoms with Crippen LogP contribution in [0.25, 0.3) is 0 Å². The van der Waals surface area contributed by atoms with Gasteiger partial charge in [-0.05, 0) is 40.2 Å². The summed E-state index contributed by atoms with van der Waals surface area (Å²) in [6, 6.07) is 19.5. The molecule has 1 unspecified atom stereocenters. The maximum Gasteiger partial charge on any atom is 0.128 e. The van der Waals surface area contributed by atoms with Gasteiger partial charge in [-0.2, -0.15) is 0 Å². The first-order chi connectivity index (χ1) is 9.75. The van der Waals surface area contributed by atoms with E-state index in [-0.39, 0.29) is 0 Å². The fraction of sp³-hybridized carbons (Fsp3) is 0.188. The second-order valence-corrected chi connectivity index (χ2v) is 5.15. The number of rotatable bonds is 2. The molecule has 0 radical (unpaired) electrons. The van der Waals surface area contributed by atoms with E-state index in [0.717, 1.165) is 22.7 Å². The highest BCUT2D eigenvalue weighted by atomic mass is 79.9. The lowest BCUT2D eigenvalue weighted by Crippen LogP contribution is -1.99. The van der Waals surface area contributed by atoms with Crippen LogP contribution in [0.4, 0.5) is 0 Å². The summed E-state index contributed by atoms with van der Waals surface area (Å²) in [5.74, 6) is 2.20. The van der Waals surface area contributed by atoms with E-state index in [9.17, 15) is 0 Å². The largest absolute Gasteiger partial charge is 0.457 e. The fourth-order valence-electron chi connectivity index (χ4n) is 1.48. The third kappa shape index (κ3) is 4.70. The predicted octanol–water partition coefficient (Wildman–Crippen LogP) is 4.84. The Morgan fingerprint density at radius 3 is 1.80 bits per heavy atom. The molecule has 20 heavy (non-hydrogen) atoms. The van der Waals surface area contributed by atoms with Gasteiger partial charge in [0.25, 0.3) is 0 Å². The lowest BCUT2D eigenvalue weighted by Gasteiger charge is -2.03. The van der Waals surface area contributed by atoms with Gasteiger partial charge in [0.2, 0.25) is 0 Å². The molecule has 0 aromatic heterocycles. The van der Waals surface area contributed by atoms with Crippen molar-refractivity contribution in [2.75, 3.05) is 6.61 Å². The zero-order valence-corrected chi connectivity index (χ0v) is 12.8. The molecule has 1 heterocycles. The van der Waals surface area contributed by atoms with Gasteiger partial charge in [-0.1, -0.05) is 48.5 Å². The van der Waals surface area contributed by atoms with Crippen LogP contribution in [0.2, 0.25) is 0 Å². The smallest absolute Gasteiger partial charge is 0.128 e. The maximum absolute atomic E-state index is 5.58. The number of halogens is 1. The summed E-state index contributed by atoms with van der Waals surface area (Å²) >= 11 is 3.23. The Labute approximate surface area is 127 Å². The van der Waals surface area contributed by atoms with Crippen molar-refractivity contribution in [2.45, 2.75) is 6.92 Å². The van der Waals surface area contributed by atoms with Gasteiger partial charge in [0, 0.05) is 5.92 Å². The number of nitrogens with zero attached hydrogens (tertiary/aromatic N) is 1. The van der Waals surface area contributed by atoms with Gasteiger partial charge in [-0.15, -0.1) is 0 Å². The SMILES string of the molecule is CC1CON=C1Br.c1ccc(Oc2ccccc2)cc1. The highest BCUT2D eigenvalue weighted by Gasteiger charge is 2.13. The zero-order chi connectivity index (χ0) is 14.2. The van der Waals surface area contributed by atoms with Gasteiger partial charge in [0.05, 0.1) is 0 Å². The molecule has 0 fully saturated rings. The topological polar surface area (TPSA) is 30.8 Å². The Morgan fingerprint density at radius 2 is 1.50 bits per heavy atom. The Kier molecular flexibility index (Phi) is 5.62. The van der Waals surface area contributed by atoms with Crippen molar-refractivity contribution < 1.29 is 9.57 Å².